The van der Waals surface area contributed by atoms with Crippen molar-refractivity contribution in [3.05, 3.63) is 181 Å². The maximum Gasteiger partial charge on any atom is 0.272 e. The Balaban J connectivity index is 1.17. The van der Waals surface area contributed by atoms with Gasteiger partial charge in [-0.05, 0) is 65.7 Å². The van der Waals surface area contributed by atoms with E-state index < -0.39 is 26.9 Å². The first kappa shape index (κ1) is 36.8. The summed E-state index contributed by atoms with van der Waals surface area (Å²) in [7, 11) is 0. The van der Waals surface area contributed by atoms with Gasteiger partial charge < -0.3 is 16.0 Å². The SMILES string of the molecule is O=C(Nc1ccc(SC(C(=O)Nc2nc(-c3cccc([N+](=O)[O-])c3)cs2)c2ccccc2)cc1)/C(=C/c1ccc([N+](=O)[O-])cc1)NC(=O)c1ccccc1. The molecule has 3 amide bonds. The third-order valence-electron chi connectivity index (χ3n) is 7.74. The normalized spacial score (nSPS) is 11.6. The summed E-state index contributed by atoms with van der Waals surface area (Å²) in [5, 5.41) is 32.0. The molecule has 0 bridgehead atoms. The number of nitro benzene ring substituents is 2. The highest BCUT2D eigenvalue weighted by molar-refractivity contribution is 8.00. The zero-order valence-electron chi connectivity index (χ0n) is 27.9. The number of aromatic nitrogens is 1. The lowest BCUT2D eigenvalue weighted by molar-refractivity contribution is -0.385. The van der Waals surface area contributed by atoms with Crippen LogP contribution in [-0.4, -0.2) is 32.6 Å². The summed E-state index contributed by atoms with van der Waals surface area (Å²) in [6.07, 6.45) is 1.42. The van der Waals surface area contributed by atoms with Gasteiger partial charge in [-0.2, -0.15) is 0 Å². The number of nitrogens with zero attached hydrogens (tertiary/aromatic N) is 3. The molecule has 0 saturated heterocycles. The van der Waals surface area contributed by atoms with Crippen molar-refractivity contribution in [3.8, 4) is 11.3 Å². The van der Waals surface area contributed by atoms with Crippen LogP contribution in [0.2, 0.25) is 0 Å². The number of nitrogens with one attached hydrogen (secondary N) is 3. The van der Waals surface area contributed by atoms with Crippen molar-refractivity contribution in [2.24, 2.45) is 0 Å². The second-order valence-electron chi connectivity index (χ2n) is 11.4. The zero-order chi connectivity index (χ0) is 38.0. The minimum Gasteiger partial charge on any atom is -0.321 e. The van der Waals surface area contributed by atoms with Gasteiger partial charge in [0.05, 0.1) is 15.5 Å². The Morgan fingerprint density at radius 1 is 0.741 bits per heavy atom. The van der Waals surface area contributed by atoms with Gasteiger partial charge in [-0.15, -0.1) is 23.1 Å². The van der Waals surface area contributed by atoms with E-state index in [1.807, 2.05) is 30.3 Å². The summed E-state index contributed by atoms with van der Waals surface area (Å²) < 4.78 is 0. The molecule has 1 atom stereocenters. The first-order valence-electron chi connectivity index (χ1n) is 16.1. The Kier molecular flexibility index (Phi) is 11.6. The monoisotopic (exact) mass is 756 g/mol. The van der Waals surface area contributed by atoms with Crippen molar-refractivity contribution in [2.75, 3.05) is 10.6 Å². The van der Waals surface area contributed by atoms with E-state index in [-0.39, 0.29) is 23.0 Å². The smallest absolute Gasteiger partial charge is 0.272 e. The van der Waals surface area contributed by atoms with Gasteiger partial charge in [-0.25, -0.2) is 4.98 Å². The minimum absolute atomic E-state index is 0.0637. The summed E-state index contributed by atoms with van der Waals surface area (Å²) in [6.45, 7) is 0. The number of rotatable bonds is 13. The van der Waals surface area contributed by atoms with Crippen LogP contribution in [-0.2, 0) is 9.59 Å². The zero-order valence-corrected chi connectivity index (χ0v) is 29.6. The van der Waals surface area contributed by atoms with Gasteiger partial charge in [0, 0.05) is 51.4 Å². The molecule has 13 nitrogen and oxygen atoms in total. The standard InChI is InChI=1S/C39H28N6O7S2/c46-36(27-10-5-2-6-11-27)41-33(22-25-14-18-30(19-15-25)44(49)50)37(47)40-29-16-20-32(21-17-29)54-35(26-8-3-1-4-9-26)38(48)43-39-42-34(24-53-39)28-12-7-13-31(23-28)45(51)52/h1-24,35H,(H,40,47)(H,41,46)(H,42,43,48)/b33-22-. The van der Waals surface area contributed by atoms with E-state index >= 15 is 0 Å². The number of non-ortho nitro benzene ring substituents is 2. The molecule has 54 heavy (non-hydrogen) atoms. The molecule has 0 radical (unpaired) electrons. The third kappa shape index (κ3) is 9.47. The average molecular weight is 757 g/mol. The minimum atomic E-state index is -0.693. The molecular formula is C39H28N6O7S2. The third-order valence-corrected chi connectivity index (χ3v) is 9.76. The number of thiazole rings is 1. The molecular weight excluding hydrogens is 729 g/mol. The Labute approximate surface area is 316 Å². The number of anilines is 2. The molecule has 0 fully saturated rings. The van der Waals surface area contributed by atoms with Crippen LogP contribution in [0.3, 0.4) is 0 Å². The highest BCUT2D eigenvalue weighted by atomic mass is 32.2. The van der Waals surface area contributed by atoms with Gasteiger partial charge >= 0.3 is 0 Å². The topological polar surface area (TPSA) is 186 Å². The molecule has 6 aromatic rings. The molecule has 3 N–H and O–H groups in total. The fourth-order valence-electron chi connectivity index (χ4n) is 5.07. The number of carbonyl (C=O) groups is 3. The van der Waals surface area contributed by atoms with Gasteiger partial charge in [-0.1, -0.05) is 60.7 Å². The van der Waals surface area contributed by atoms with Crippen LogP contribution in [0, 0.1) is 20.2 Å². The summed E-state index contributed by atoms with van der Waals surface area (Å²) in [5.41, 5.74) is 2.70. The van der Waals surface area contributed by atoms with Gasteiger partial charge in [-0.3, -0.25) is 34.6 Å². The number of benzene rings is 5. The molecule has 15 heteroatoms. The lowest BCUT2D eigenvalue weighted by Crippen LogP contribution is -2.30. The average Bonchev–Trinajstić information content (AvgIpc) is 3.66. The Bertz CT molecular complexity index is 2350. The number of amides is 3. The van der Waals surface area contributed by atoms with E-state index in [1.165, 1.54) is 65.6 Å². The van der Waals surface area contributed by atoms with E-state index in [0.29, 0.717) is 38.1 Å². The number of nitro groups is 2. The van der Waals surface area contributed by atoms with Crippen LogP contribution in [0.25, 0.3) is 17.3 Å². The Hall–Kier alpha value is -6.97. The number of carbonyl (C=O) groups excluding carboxylic acids is 3. The number of thioether (sulfide) groups is 1. The first-order chi connectivity index (χ1) is 26.1. The molecule has 1 unspecified atom stereocenters. The number of hydrogen-bond acceptors (Lipinski definition) is 10. The van der Waals surface area contributed by atoms with Crippen molar-refractivity contribution >= 4 is 69.1 Å². The fraction of sp³-hybridized carbons (Fsp3) is 0.0256. The molecule has 0 aliphatic carbocycles. The summed E-state index contributed by atoms with van der Waals surface area (Å²) in [6, 6.07) is 36.0. The van der Waals surface area contributed by atoms with Crippen molar-refractivity contribution < 1.29 is 24.2 Å². The second kappa shape index (κ2) is 17.0. The molecule has 268 valence electrons. The molecule has 6 rings (SSSR count). The molecule has 1 heterocycles. The predicted molar refractivity (Wildman–Crippen MR) is 208 cm³/mol. The predicted octanol–water partition coefficient (Wildman–Crippen LogP) is 8.51. The van der Waals surface area contributed by atoms with Crippen LogP contribution in [0.15, 0.2) is 149 Å². The van der Waals surface area contributed by atoms with E-state index in [4.69, 9.17) is 0 Å². The Morgan fingerprint density at radius 2 is 1.41 bits per heavy atom. The van der Waals surface area contributed by atoms with Crippen molar-refractivity contribution in [1.29, 1.82) is 0 Å². The second-order valence-corrected chi connectivity index (χ2v) is 13.5. The van der Waals surface area contributed by atoms with Crippen molar-refractivity contribution in [3.63, 3.8) is 0 Å². The van der Waals surface area contributed by atoms with Gasteiger partial charge in [0.25, 0.3) is 23.2 Å². The van der Waals surface area contributed by atoms with Gasteiger partial charge in [0.15, 0.2) is 5.13 Å². The number of hydrogen-bond donors (Lipinski definition) is 3. The van der Waals surface area contributed by atoms with Crippen LogP contribution in [0.5, 0.6) is 0 Å². The van der Waals surface area contributed by atoms with E-state index in [9.17, 15) is 34.6 Å². The molecule has 0 spiro atoms. The Morgan fingerprint density at radius 3 is 2.07 bits per heavy atom. The fourth-order valence-corrected chi connectivity index (χ4v) is 6.81. The summed E-state index contributed by atoms with van der Waals surface area (Å²) >= 11 is 2.48. The van der Waals surface area contributed by atoms with Crippen LogP contribution in [0.1, 0.15) is 26.7 Å². The lowest BCUT2D eigenvalue weighted by Gasteiger charge is -2.17. The summed E-state index contributed by atoms with van der Waals surface area (Å²) in [4.78, 5) is 66.7. The van der Waals surface area contributed by atoms with Crippen molar-refractivity contribution in [1.82, 2.24) is 10.3 Å². The van der Waals surface area contributed by atoms with E-state index in [0.717, 1.165) is 5.56 Å². The van der Waals surface area contributed by atoms with Crippen molar-refractivity contribution in [2.45, 2.75) is 10.1 Å². The maximum atomic E-state index is 13.7. The van der Waals surface area contributed by atoms with E-state index in [2.05, 4.69) is 20.9 Å². The molecule has 0 aliphatic rings. The molecule has 5 aromatic carbocycles. The summed E-state index contributed by atoms with van der Waals surface area (Å²) in [5.74, 6) is -1.49. The van der Waals surface area contributed by atoms with Gasteiger partial charge in [0.2, 0.25) is 5.91 Å². The molecule has 0 saturated carbocycles. The molecule has 1 aromatic heterocycles. The van der Waals surface area contributed by atoms with Gasteiger partial charge in [0.1, 0.15) is 10.9 Å². The van der Waals surface area contributed by atoms with Crippen LogP contribution >= 0.6 is 23.1 Å². The molecule has 0 aliphatic heterocycles. The highest BCUT2D eigenvalue weighted by Crippen LogP contribution is 2.37. The highest BCUT2D eigenvalue weighted by Gasteiger charge is 2.24. The maximum absolute atomic E-state index is 13.7. The lowest BCUT2D eigenvalue weighted by atomic mass is 10.1. The quantitative estimate of drug-likeness (QED) is 0.0449. The van der Waals surface area contributed by atoms with Crippen LogP contribution in [0.4, 0.5) is 22.2 Å². The van der Waals surface area contributed by atoms with Crippen LogP contribution < -0.4 is 16.0 Å². The largest absolute Gasteiger partial charge is 0.321 e. The van der Waals surface area contributed by atoms with E-state index in [1.54, 1.807) is 72.1 Å². The first-order valence-corrected chi connectivity index (χ1v) is 17.9.